The number of hydrogen-bond acceptors (Lipinski definition) is 3. The van der Waals surface area contributed by atoms with E-state index in [1.807, 2.05) is 0 Å². The lowest BCUT2D eigenvalue weighted by Crippen LogP contribution is -2.69. The van der Waals surface area contributed by atoms with Gasteiger partial charge in [0, 0.05) is 19.4 Å². The predicted molar refractivity (Wildman–Crippen MR) is 57.1 cm³/mol. The van der Waals surface area contributed by atoms with Crippen molar-refractivity contribution in [2.75, 3.05) is 6.54 Å². The van der Waals surface area contributed by atoms with Crippen molar-refractivity contribution < 1.29 is 9.84 Å². The summed E-state index contributed by atoms with van der Waals surface area (Å²) in [6, 6.07) is 0. The first kappa shape index (κ1) is 10.1. The summed E-state index contributed by atoms with van der Waals surface area (Å²) in [5.74, 6) is -0.891. The molecule has 2 aliphatic carbocycles. The molecule has 4 aliphatic rings. The molecule has 0 aromatic carbocycles. The smallest absolute Gasteiger partial charge is 0.167 e. The van der Waals surface area contributed by atoms with Crippen LogP contribution < -0.4 is 5.73 Å². The third-order valence-corrected chi connectivity index (χ3v) is 4.54. The highest BCUT2D eigenvalue weighted by Crippen LogP contribution is 2.66. The minimum Gasteiger partial charge on any atom is -0.365 e. The number of nitrogens with two attached hydrogens (primary N) is 1. The molecule has 86 valence electrons. The van der Waals surface area contributed by atoms with E-state index in [1.54, 1.807) is 0 Å². The zero-order chi connectivity index (χ0) is 10.9. The highest BCUT2D eigenvalue weighted by Gasteiger charge is 2.65. The highest BCUT2D eigenvalue weighted by molar-refractivity contribution is 5.13. The zero-order valence-corrected chi connectivity index (χ0v) is 9.68. The Kier molecular flexibility index (Phi) is 1.62. The van der Waals surface area contributed by atoms with Crippen LogP contribution in [0.2, 0.25) is 0 Å². The van der Waals surface area contributed by atoms with Gasteiger partial charge in [-0.2, -0.15) is 0 Å². The minimum absolute atomic E-state index is 0.234. The maximum atomic E-state index is 10.5. The van der Waals surface area contributed by atoms with E-state index < -0.39 is 5.79 Å². The summed E-state index contributed by atoms with van der Waals surface area (Å²) in [6.45, 7) is 5.10. The van der Waals surface area contributed by atoms with Crippen LogP contribution in [0, 0.1) is 10.8 Å². The largest absolute Gasteiger partial charge is 0.365 e. The Balaban J connectivity index is 2.06. The average Bonchev–Trinajstić information content (AvgIpc) is 1.94. The SMILES string of the molecule is CC12CC3(C)CC(O)(C1)OC(CN)(C2)C3. The van der Waals surface area contributed by atoms with Crippen molar-refractivity contribution in [1.29, 1.82) is 0 Å². The predicted octanol–water partition coefficient (Wildman–Crippen LogP) is 1.39. The van der Waals surface area contributed by atoms with E-state index in [-0.39, 0.29) is 16.4 Å². The molecule has 0 spiro atoms. The monoisotopic (exact) mass is 211 g/mol. The summed E-state index contributed by atoms with van der Waals surface area (Å²) in [5, 5.41) is 10.5. The van der Waals surface area contributed by atoms with Gasteiger partial charge in [0.25, 0.3) is 0 Å². The van der Waals surface area contributed by atoms with Gasteiger partial charge in [-0.3, -0.25) is 0 Å². The van der Waals surface area contributed by atoms with Crippen molar-refractivity contribution in [3.05, 3.63) is 0 Å². The van der Waals surface area contributed by atoms with Gasteiger partial charge in [0.1, 0.15) is 0 Å². The Morgan fingerprint density at radius 3 is 2.00 bits per heavy atom. The maximum absolute atomic E-state index is 10.5. The molecule has 0 aromatic rings. The van der Waals surface area contributed by atoms with Crippen LogP contribution in [0.25, 0.3) is 0 Å². The van der Waals surface area contributed by atoms with Crippen molar-refractivity contribution in [3.63, 3.8) is 0 Å². The Labute approximate surface area is 91.0 Å². The molecule has 3 N–H and O–H groups in total. The van der Waals surface area contributed by atoms with E-state index in [9.17, 15) is 5.11 Å². The third kappa shape index (κ3) is 1.30. The van der Waals surface area contributed by atoms with E-state index in [1.165, 1.54) is 6.42 Å². The lowest BCUT2D eigenvalue weighted by Gasteiger charge is -2.67. The molecule has 4 fully saturated rings. The van der Waals surface area contributed by atoms with Gasteiger partial charge in [0.05, 0.1) is 5.60 Å². The molecule has 2 unspecified atom stereocenters. The second-order valence-corrected chi connectivity index (χ2v) is 6.94. The molecule has 0 aromatic heterocycles. The van der Waals surface area contributed by atoms with Crippen LogP contribution in [-0.2, 0) is 4.74 Å². The second-order valence-electron chi connectivity index (χ2n) is 6.94. The Morgan fingerprint density at radius 1 is 1.07 bits per heavy atom. The molecule has 3 heteroatoms. The Morgan fingerprint density at radius 2 is 1.60 bits per heavy atom. The van der Waals surface area contributed by atoms with Crippen molar-refractivity contribution in [1.82, 2.24) is 0 Å². The van der Waals surface area contributed by atoms with Crippen molar-refractivity contribution in [3.8, 4) is 0 Å². The van der Waals surface area contributed by atoms with Crippen molar-refractivity contribution in [2.45, 2.75) is 57.3 Å². The molecular formula is C12H21NO2. The van der Waals surface area contributed by atoms with Gasteiger partial charge in [-0.05, 0) is 30.1 Å². The van der Waals surface area contributed by atoms with Crippen LogP contribution in [0.15, 0.2) is 0 Å². The average molecular weight is 211 g/mol. The summed E-state index contributed by atoms with van der Waals surface area (Å²) in [5.41, 5.74) is 6.09. The van der Waals surface area contributed by atoms with Crippen LogP contribution >= 0.6 is 0 Å². The van der Waals surface area contributed by atoms with Gasteiger partial charge in [-0.15, -0.1) is 0 Å². The molecule has 2 atom stereocenters. The summed E-state index contributed by atoms with van der Waals surface area (Å²) in [4.78, 5) is 0. The van der Waals surface area contributed by atoms with Gasteiger partial charge in [-0.25, -0.2) is 0 Å². The Bertz CT molecular complexity index is 261. The fourth-order valence-corrected chi connectivity index (χ4v) is 5.15. The molecule has 2 aliphatic heterocycles. The highest BCUT2D eigenvalue weighted by atomic mass is 16.6. The van der Waals surface area contributed by atoms with E-state index in [0.717, 1.165) is 25.7 Å². The fraction of sp³-hybridized carbons (Fsp3) is 1.00. The normalized spacial score (nSPS) is 62.4. The van der Waals surface area contributed by atoms with Crippen LogP contribution in [0.5, 0.6) is 0 Å². The van der Waals surface area contributed by atoms with E-state index >= 15 is 0 Å². The summed E-state index contributed by atoms with van der Waals surface area (Å²) in [7, 11) is 0. The molecule has 2 saturated carbocycles. The van der Waals surface area contributed by atoms with Crippen LogP contribution in [0.4, 0.5) is 0 Å². The van der Waals surface area contributed by atoms with Crippen LogP contribution in [0.1, 0.15) is 46.0 Å². The van der Waals surface area contributed by atoms with E-state index in [4.69, 9.17) is 10.5 Å². The first-order chi connectivity index (χ1) is 6.80. The lowest BCUT2D eigenvalue weighted by molar-refractivity contribution is -0.384. The number of aliphatic hydroxyl groups is 1. The fourth-order valence-electron chi connectivity index (χ4n) is 5.15. The van der Waals surface area contributed by atoms with E-state index in [2.05, 4.69) is 13.8 Å². The van der Waals surface area contributed by atoms with Gasteiger partial charge in [-0.1, -0.05) is 13.8 Å². The van der Waals surface area contributed by atoms with Crippen LogP contribution in [-0.4, -0.2) is 23.0 Å². The molecule has 3 nitrogen and oxygen atoms in total. The molecule has 0 radical (unpaired) electrons. The third-order valence-electron chi connectivity index (χ3n) is 4.54. The molecular weight excluding hydrogens is 190 g/mol. The lowest BCUT2D eigenvalue weighted by atomic mass is 9.48. The Hall–Kier alpha value is -0.120. The quantitative estimate of drug-likeness (QED) is 0.689. The molecule has 2 saturated heterocycles. The molecule has 2 heterocycles. The first-order valence-electron chi connectivity index (χ1n) is 5.93. The van der Waals surface area contributed by atoms with Gasteiger partial charge in [0.15, 0.2) is 5.79 Å². The van der Waals surface area contributed by atoms with Crippen molar-refractivity contribution in [2.24, 2.45) is 16.6 Å². The summed E-state index contributed by atoms with van der Waals surface area (Å²) < 4.78 is 5.91. The molecule has 15 heavy (non-hydrogen) atoms. The van der Waals surface area contributed by atoms with Gasteiger partial charge in [0.2, 0.25) is 0 Å². The number of rotatable bonds is 1. The maximum Gasteiger partial charge on any atom is 0.167 e. The van der Waals surface area contributed by atoms with Crippen molar-refractivity contribution >= 4 is 0 Å². The summed E-state index contributed by atoms with van der Waals surface area (Å²) in [6.07, 6.45) is 4.84. The van der Waals surface area contributed by atoms with Gasteiger partial charge >= 0.3 is 0 Å². The molecule has 4 rings (SSSR count). The van der Waals surface area contributed by atoms with Gasteiger partial charge < -0.3 is 15.6 Å². The minimum atomic E-state index is -0.891. The topological polar surface area (TPSA) is 55.5 Å². The summed E-state index contributed by atoms with van der Waals surface area (Å²) >= 11 is 0. The molecule has 4 bridgehead atoms. The standard InChI is InChI=1S/C12H21NO2/c1-9-3-10(2)5-11(4-9,8-13)15-12(14,6-9)7-10/h14H,3-8,13H2,1-2H3. The number of hydrogen-bond donors (Lipinski definition) is 2. The van der Waals surface area contributed by atoms with E-state index in [0.29, 0.717) is 6.54 Å². The molecule has 0 amide bonds. The first-order valence-corrected chi connectivity index (χ1v) is 5.93. The van der Waals surface area contributed by atoms with Crippen LogP contribution in [0.3, 0.4) is 0 Å². The number of ether oxygens (including phenoxy) is 1. The zero-order valence-electron chi connectivity index (χ0n) is 9.68. The second kappa shape index (κ2) is 2.41.